The van der Waals surface area contributed by atoms with Crippen molar-refractivity contribution in [2.45, 2.75) is 36.9 Å². The lowest BCUT2D eigenvalue weighted by Gasteiger charge is -2.31. The van der Waals surface area contributed by atoms with Crippen LogP contribution in [0.15, 0.2) is 65.6 Å². The van der Waals surface area contributed by atoms with Crippen molar-refractivity contribution in [1.29, 1.82) is 0 Å². The van der Waals surface area contributed by atoms with E-state index in [0.717, 1.165) is 28.1 Å². The average molecular weight is 639 g/mol. The van der Waals surface area contributed by atoms with E-state index in [0.29, 0.717) is 13.0 Å². The summed E-state index contributed by atoms with van der Waals surface area (Å²) in [5, 5.41) is 5.14. The van der Waals surface area contributed by atoms with E-state index in [1.165, 1.54) is 30.3 Å². The van der Waals surface area contributed by atoms with Gasteiger partial charge in [0.2, 0.25) is 5.91 Å². The highest BCUT2D eigenvalue weighted by atomic mass is 35.5. The molecule has 0 radical (unpaired) electrons. The maximum absolute atomic E-state index is 13.5. The van der Waals surface area contributed by atoms with Gasteiger partial charge in [0.05, 0.1) is 35.2 Å². The number of amides is 2. The molecule has 14 heteroatoms. The number of carbonyl (C=O) groups is 2. The molecule has 3 aromatic rings. The lowest BCUT2D eigenvalue weighted by molar-refractivity contribution is -0.137. The van der Waals surface area contributed by atoms with Crippen LogP contribution in [0, 0.1) is 6.92 Å². The van der Waals surface area contributed by atoms with Crippen LogP contribution in [0.2, 0.25) is 5.02 Å². The van der Waals surface area contributed by atoms with E-state index in [9.17, 15) is 31.2 Å². The summed E-state index contributed by atoms with van der Waals surface area (Å²) < 4.78 is 74.4. The minimum absolute atomic E-state index is 0.00895. The van der Waals surface area contributed by atoms with Crippen LogP contribution in [0.1, 0.15) is 45.9 Å². The number of alkyl halides is 3. The predicted octanol–water partition coefficient (Wildman–Crippen LogP) is 4.58. The van der Waals surface area contributed by atoms with Gasteiger partial charge in [-0.3, -0.25) is 13.9 Å². The summed E-state index contributed by atoms with van der Waals surface area (Å²) in [7, 11) is -4.02. The van der Waals surface area contributed by atoms with Gasteiger partial charge in [-0.05, 0) is 79.5 Å². The molecule has 1 aliphatic rings. The number of rotatable bonds is 10. The molecule has 1 atom stereocenters. The number of benzene rings is 3. The molecule has 0 saturated heterocycles. The van der Waals surface area contributed by atoms with Crippen LogP contribution in [-0.2, 0) is 21.0 Å². The molecule has 2 amide bonds. The standard InChI is InChI=1S/C29H30ClF3N4O5S/c1-18-4-2-5-21(14-18)43(40,41)37-12-13-42-26-9-6-19(15-25(26)37)28(39)36-24(17-27(38)35-11-3-10-34)22-16-20(29(31,32)33)7-8-23(22)30/h2,4-9,14-16,24H,3,10-13,17,34H2,1H3,(H,35,38)(H,36,39)/t24-/m0/s1. The second kappa shape index (κ2) is 13.2. The fourth-order valence-corrected chi connectivity index (χ4v) is 6.35. The minimum atomic E-state index is -4.69. The Morgan fingerprint density at radius 2 is 1.88 bits per heavy atom. The maximum Gasteiger partial charge on any atom is 0.416 e. The SMILES string of the molecule is Cc1cccc(S(=O)(=O)N2CCOc3ccc(C(=O)N[C@@H](CC(=O)NCCCN)c4cc(C(F)(F)F)ccc4Cl)cc32)c1. The third-order valence-electron chi connectivity index (χ3n) is 6.72. The van der Waals surface area contributed by atoms with Crippen LogP contribution in [0.25, 0.3) is 0 Å². The zero-order chi connectivity index (χ0) is 31.4. The fraction of sp³-hybridized carbons (Fsp3) is 0.310. The number of nitrogens with one attached hydrogen (secondary N) is 2. The van der Waals surface area contributed by atoms with Crippen LogP contribution in [-0.4, -0.2) is 46.5 Å². The molecule has 230 valence electrons. The molecule has 0 aromatic heterocycles. The third kappa shape index (κ3) is 7.59. The van der Waals surface area contributed by atoms with Gasteiger partial charge in [0.25, 0.3) is 15.9 Å². The highest BCUT2D eigenvalue weighted by Gasteiger charge is 2.34. The molecule has 0 spiro atoms. The number of aryl methyl sites for hydroxylation is 1. The van der Waals surface area contributed by atoms with Gasteiger partial charge < -0.3 is 21.1 Å². The molecule has 0 aliphatic carbocycles. The summed E-state index contributed by atoms with van der Waals surface area (Å²) in [6.07, 6.45) is -4.63. The molecule has 1 aliphatic heterocycles. The first-order chi connectivity index (χ1) is 20.3. The molecular weight excluding hydrogens is 609 g/mol. The molecule has 0 fully saturated rings. The Bertz CT molecular complexity index is 1620. The number of nitrogens with two attached hydrogens (primary N) is 1. The van der Waals surface area contributed by atoms with Gasteiger partial charge in [-0.15, -0.1) is 0 Å². The molecule has 4 N–H and O–H groups in total. The van der Waals surface area contributed by atoms with E-state index in [4.69, 9.17) is 22.1 Å². The first-order valence-electron chi connectivity index (χ1n) is 13.3. The van der Waals surface area contributed by atoms with E-state index in [1.54, 1.807) is 19.1 Å². The summed E-state index contributed by atoms with van der Waals surface area (Å²) >= 11 is 6.26. The Hall–Kier alpha value is -3.81. The molecule has 1 heterocycles. The smallest absolute Gasteiger partial charge is 0.416 e. The van der Waals surface area contributed by atoms with Gasteiger partial charge >= 0.3 is 6.18 Å². The predicted molar refractivity (Wildman–Crippen MR) is 156 cm³/mol. The first-order valence-corrected chi connectivity index (χ1v) is 15.1. The summed E-state index contributed by atoms with van der Waals surface area (Å²) in [4.78, 5) is 26.2. The normalized spacial score (nSPS) is 14.0. The number of halogens is 4. The molecule has 0 bridgehead atoms. The van der Waals surface area contributed by atoms with Crippen molar-refractivity contribution in [2.24, 2.45) is 5.73 Å². The highest BCUT2D eigenvalue weighted by Crippen LogP contribution is 2.37. The third-order valence-corrected chi connectivity index (χ3v) is 8.87. The van der Waals surface area contributed by atoms with Crippen LogP contribution < -0.4 is 25.4 Å². The Morgan fingerprint density at radius 1 is 1.12 bits per heavy atom. The molecular formula is C29H30ClF3N4O5S. The topological polar surface area (TPSA) is 131 Å². The Labute approximate surface area is 252 Å². The van der Waals surface area contributed by atoms with Crippen molar-refractivity contribution >= 4 is 39.1 Å². The molecule has 9 nitrogen and oxygen atoms in total. The first kappa shape index (κ1) is 32.1. The zero-order valence-corrected chi connectivity index (χ0v) is 24.7. The second-order valence-electron chi connectivity index (χ2n) is 9.88. The van der Waals surface area contributed by atoms with Gasteiger partial charge in [0.15, 0.2) is 0 Å². The zero-order valence-electron chi connectivity index (χ0n) is 23.1. The number of anilines is 1. The van der Waals surface area contributed by atoms with E-state index >= 15 is 0 Å². The number of nitrogens with zero attached hydrogens (tertiary/aromatic N) is 1. The molecule has 0 saturated carbocycles. The number of carbonyl (C=O) groups excluding carboxylic acids is 2. The van der Waals surface area contributed by atoms with Crippen molar-refractivity contribution in [2.75, 3.05) is 30.5 Å². The van der Waals surface area contributed by atoms with Crippen molar-refractivity contribution in [3.63, 3.8) is 0 Å². The van der Waals surface area contributed by atoms with E-state index in [-0.39, 0.29) is 52.2 Å². The van der Waals surface area contributed by atoms with Gasteiger partial charge in [-0.2, -0.15) is 13.2 Å². The van der Waals surface area contributed by atoms with Crippen LogP contribution in [0.4, 0.5) is 18.9 Å². The lowest BCUT2D eigenvalue weighted by Crippen LogP contribution is -2.38. The number of hydrogen-bond donors (Lipinski definition) is 3. The van der Waals surface area contributed by atoms with E-state index in [1.807, 2.05) is 0 Å². The van der Waals surface area contributed by atoms with Gasteiger partial charge in [-0.1, -0.05) is 23.7 Å². The number of sulfonamides is 1. The van der Waals surface area contributed by atoms with Crippen LogP contribution >= 0.6 is 11.6 Å². The quantitative estimate of drug-likeness (QED) is 0.279. The summed E-state index contributed by atoms with van der Waals surface area (Å²) in [6.45, 7) is 2.39. The van der Waals surface area contributed by atoms with Crippen LogP contribution in [0.5, 0.6) is 5.75 Å². The average Bonchev–Trinajstić information content (AvgIpc) is 2.96. The lowest BCUT2D eigenvalue weighted by atomic mass is 9.99. The Morgan fingerprint density at radius 3 is 2.58 bits per heavy atom. The van der Waals surface area contributed by atoms with Crippen LogP contribution in [0.3, 0.4) is 0 Å². The Balaban J connectivity index is 1.67. The monoisotopic (exact) mass is 638 g/mol. The second-order valence-corrected chi connectivity index (χ2v) is 12.2. The molecule has 0 unspecified atom stereocenters. The largest absolute Gasteiger partial charge is 0.489 e. The summed E-state index contributed by atoms with van der Waals surface area (Å²) in [5.74, 6) is -1.08. The van der Waals surface area contributed by atoms with Gasteiger partial charge in [0, 0.05) is 17.1 Å². The summed E-state index contributed by atoms with van der Waals surface area (Å²) in [6, 6.07) is 11.9. The Kier molecular flexibility index (Phi) is 9.88. The minimum Gasteiger partial charge on any atom is -0.489 e. The highest BCUT2D eigenvalue weighted by molar-refractivity contribution is 7.92. The molecule has 3 aromatic carbocycles. The molecule has 43 heavy (non-hydrogen) atoms. The fourth-order valence-electron chi connectivity index (χ4n) is 4.54. The number of ether oxygens (including phenoxy) is 1. The van der Waals surface area contributed by atoms with Gasteiger partial charge in [-0.25, -0.2) is 8.42 Å². The molecule has 4 rings (SSSR count). The van der Waals surface area contributed by atoms with Crippen molar-refractivity contribution in [1.82, 2.24) is 10.6 Å². The van der Waals surface area contributed by atoms with E-state index in [2.05, 4.69) is 10.6 Å². The number of hydrogen-bond acceptors (Lipinski definition) is 6. The van der Waals surface area contributed by atoms with Crippen molar-refractivity contribution in [3.05, 3.63) is 87.9 Å². The van der Waals surface area contributed by atoms with Crippen molar-refractivity contribution in [3.8, 4) is 5.75 Å². The van der Waals surface area contributed by atoms with Gasteiger partial charge in [0.1, 0.15) is 12.4 Å². The maximum atomic E-state index is 13.5. The summed E-state index contributed by atoms with van der Waals surface area (Å²) in [5.41, 5.74) is 5.20. The van der Waals surface area contributed by atoms with Crippen molar-refractivity contribution < 1.29 is 35.9 Å². The van der Waals surface area contributed by atoms with E-state index < -0.39 is 46.0 Å². The number of fused-ring (bicyclic) bond motifs is 1.